The van der Waals surface area contributed by atoms with E-state index in [1.165, 1.54) is 0 Å². The average molecular weight is 330 g/mol. The van der Waals surface area contributed by atoms with Gasteiger partial charge in [0.1, 0.15) is 16.9 Å². The van der Waals surface area contributed by atoms with Gasteiger partial charge >= 0.3 is 0 Å². The smallest absolute Gasteiger partial charge is 0.238 e. The van der Waals surface area contributed by atoms with E-state index in [0.29, 0.717) is 28.6 Å². The summed E-state index contributed by atoms with van der Waals surface area (Å²) in [6.07, 6.45) is 0. The zero-order valence-electron chi connectivity index (χ0n) is 13.0. The number of ether oxygens (including phenoxy) is 2. The van der Waals surface area contributed by atoms with Crippen LogP contribution in [0.5, 0.6) is 11.5 Å². The Bertz CT molecular complexity index is 736. The monoisotopic (exact) mass is 330 g/mol. The summed E-state index contributed by atoms with van der Waals surface area (Å²) < 4.78 is 10.7. The Hall–Kier alpha value is -2.34. The summed E-state index contributed by atoms with van der Waals surface area (Å²) in [6, 6.07) is 13.0. The van der Waals surface area contributed by atoms with Gasteiger partial charge in [-0.05, 0) is 29.8 Å². The normalized spacial score (nSPS) is 17.4. The van der Waals surface area contributed by atoms with Gasteiger partial charge < -0.3 is 15.2 Å². The zero-order chi connectivity index (χ0) is 16.4. The fraction of sp³-hybridized carbons (Fsp3) is 0.235. The highest BCUT2D eigenvalue weighted by Gasteiger charge is 2.35. The van der Waals surface area contributed by atoms with E-state index in [0.717, 1.165) is 5.56 Å². The van der Waals surface area contributed by atoms with Gasteiger partial charge in [0.05, 0.1) is 25.7 Å². The van der Waals surface area contributed by atoms with Crippen molar-refractivity contribution in [1.29, 1.82) is 0 Å². The fourth-order valence-corrected chi connectivity index (χ4v) is 3.79. The average Bonchev–Trinajstić information content (AvgIpc) is 2.95. The number of methoxy groups -OCH3 is 2. The highest BCUT2D eigenvalue weighted by atomic mass is 32.2. The molecule has 0 saturated carbocycles. The summed E-state index contributed by atoms with van der Waals surface area (Å²) >= 11 is 1.57. The van der Waals surface area contributed by atoms with E-state index in [1.807, 2.05) is 36.4 Å². The van der Waals surface area contributed by atoms with Gasteiger partial charge in [0.25, 0.3) is 0 Å². The molecule has 2 aromatic carbocycles. The van der Waals surface area contributed by atoms with Crippen LogP contribution in [0.2, 0.25) is 0 Å². The maximum absolute atomic E-state index is 12.5. The molecule has 1 aliphatic heterocycles. The number of amides is 1. The molecule has 0 aliphatic carbocycles. The number of anilines is 2. The summed E-state index contributed by atoms with van der Waals surface area (Å²) in [7, 11) is 3.19. The number of hydrogen-bond acceptors (Lipinski definition) is 5. The van der Waals surface area contributed by atoms with Crippen molar-refractivity contribution in [1.82, 2.24) is 0 Å². The molecule has 0 bridgehead atoms. The van der Waals surface area contributed by atoms with Crippen LogP contribution in [0.4, 0.5) is 11.4 Å². The number of nitrogen functional groups attached to an aromatic ring is 1. The molecule has 0 radical (unpaired) electrons. The van der Waals surface area contributed by atoms with Crippen molar-refractivity contribution in [2.24, 2.45) is 0 Å². The lowest BCUT2D eigenvalue weighted by molar-refractivity contribution is -0.115. The third-order valence-electron chi connectivity index (χ3n) is 3.71. The van der Waals surface area contributed by atoms with Crippen LogP contribution in [0.15, 0.2) is 42.5 Å². The van der Waals surface area contributed by atoms with Gasteiger partial charge in [-0.25, -0.2) is 0 Å². The van der Waals surface area contributed by atoms with Crippen LogP contribution in [-0.2, 0) is 4.79 Å². The first-order valence-electron chi connectivity index (χ1n) is 7.15. The van der Waals surface area contributed by atoms with Gasteiger partial charge in [-0.3, -0.25) is 9.69 Å². The summed E-state index contributed by atoms with van der Waals surface area (Å²) in [6.45, 7) is 0. The van der Waals surface area contributed by atoms with Crippen LogP contribution >= 0.6 is 11.8 Å². The Kier molecular flexibility index (Phi) is 4.34. The van der Waals surface area contributed by atoms with Crippen molar-refractivity contribution in [3.8, 4) is 11.5 Å². The number of nitrogens with two attached hydrogens (primary N) is 1. The lowest BCUT2D eigenvalue weighted by Crippen LogP contribution is -2.28. The Morgan fingerprint density at radius 3 is 2.70 bits per heavy atom. The molecule has 5 nitrogen and oxygen atoms in total. The number of benzene rings is 2. The largest absolute Gasteiger partial charge is 0.497 e. The molecule has 1 atom stereocenters. The highest BCUT2D eigenvalue weighted by molar-refractivity contribution is 8.00. The van der Waals surface area contributed by atoms with E-state index >= 15 is 0 Å². The molecule has 0 spiro atoms. The molecule has 0 aromatic heterocycles. The summed E-state index contributed by atoms with van der Waals surface area (Å²) in [4.78, 5) is 14.2. The van der Waals surface area contributed by atoms with E-state index in [9.17, 15) is 4.79 Å². The van der Waals surface area contributed by atoms with E-state index < -0.39 is 0 Å². The predicted octanol–water partition coefficient (Wildman–Crippen LogP) is 3.06. The molecule has 2 N–H and O–H groups in total. The molecular formula is C17H18N2O3S. The molecule has 120 valence electrons. The SMILES string of the molecule is COc1ccc(OC)c(N2C(=O)CSC2c2cccc(N)c2)c1. The molecule has 1 unspecified atom stereocenters. The van der Waals surface area contributed by atoms with Gasteiger partial charge in [0.2, 0.25) is 5.91 Å². The Balaban J connectivity index is 2.07. The van der Waals surface area contributed by atoms with Crippen molar-refractivity contribution in [2.75, 3.05) is 30.6 Å². The number of carbonyl (C=O) groups is 1. The van der Waals surface area contributed by atoms with Crippen molar-refractivity contribution < 1.29 is 14.3 Å². The molecule has 1 aliphatic rings. The van der Waals surface area contributed by atoms with Crippen LogP contribution < -0.4 is 20.1 Å². The van der Waals surface area contributed by atoms with Crippen LogP contribution in [0.25, 0.3) is 0 Å². The minimum atomic E-state index is -0.132. The maximum atomic E-state index is 12.5. The van der Waals surface area contributed by atoms with Crippen LogP contribution in [-0.4, -0.2) is 25.9 Å². The van der Waals surface area contributed by atoms with Crippen LogP contribution in [0.1, 0.15) is 10.9 Å². The zero-order valence-corrected chi connectivity index (χ0v) is 13.8. The lowest BCUT2D eigenvalue weighted by Gasteiger charge is -2.26. The number of thioether (sulfide) groups is 1. The number of hydrogen-bond donors (Lipinski definition) is 1. The second kappa shape index (κ2) is 6.42. The quantitative estimate of drug-likeness (QED) is 0.873. The summed E-state index contributed by atoms with van der Waals surface area (Å²) in [5.74, 6) is 1.76. The molecule has 3 rings (SSSR count). The van der Waals surface area contributed by atoms with Crippen molar-refractivity contribution in [3.05, 3.63) is 48.0 Å². The van der Waals surface area contributed by atoms with Crippen molar-refractivity contribution in [3.63, 3.8) is 0 Å². The first-order chi connectivity index (χ1) is 11.1. The topological polar surface area (TPSA) is 64.8 Å². The van der Waals surface area contributed by atoms with Gasteiger partial charge in [0, 0.05) is 11.8 Å². The lowest BCUT2D eigenvalue weighted by atomic mass is 10.1. The van der Waals surface area contributed by atoms with Gasteiger partial charge in [0.15, 0.2) is 0 Å². The van der Waals surface area contributed by atoms with Crippen molar-refractivity contribution >= 4 is 29.0 Å². The third-order valence-corrected chi connectivity index (χ3v) is 4.92. The highest BCUT2D eigenvalue weighted by Crippen LogP contribution is 2.46. The molecule has 1 heterocycles. The molecule has 23 heavy (non-hydrogen) atoms. The predicted molar refractivity (Wildman–Crippen MR) is 93.1 cm³/mol. The Morgan fingerprint density at radius 1 is 1.17 bits per heavy atom. The minimum absolute atomic E-state index is 0.0361. The van der Waals surface area contributed by atoms with E-state index in [-0.39, 0.29) is 11.3 Å². The molecule has 6 heteroatoms. The van der Waals surface area contributed by atoms with Crippen LogP contribution in [0.3, 0.4) is 0 Å². The second-order valence-electron chi connectivity index (χ2n) is 5.14. The minimum Gasteiger partial charge on any atom is -0.497 e. The van der Waals surface area contributed by atoms with E-state index in [2.05, 4.69) is 0 Å². The summed E-state index contributed by atoms with van der Waals surface area (Å²) in [5.41, 5.74) is 8.26. The van der Waals surface area contributed by atoms with Crippen LogP contribution in [0, 0.1) is 0 Å². The Morgan fingerprint density at radius 2 is 2.00 bits per heavy atom. The number of carbonyl (C=O) groups excluding carboxylic acids is 1. The first kappa shape index (κ1) is 15.6. The molecule has 2 aromatic rings. The number of nitrogens with zero attached hydrogens (tertiary/aromatic N) is 1. The molecule has 1 amide bonds. The van der Waals surface area contributed by atoms with Gasteiger partial charge in [-0.1, -0.05) is 12.1 Å². The van der Waals surface area contributed by atoms with Gasteiger partial charge in [-0.15, -0.1) is 11.8 Å². The number of rotatable bonds is 4. The standard InChI is InChI=1S/C17H18N2O3S/c1-21-13-6-7-15(22-2)14(9-13)19-16(20)10-23-17(19)11-4-3-5-12(18)8-11/h3-9,17H,10,18H2,1-2H3. The molecule has 1 fully saturated rings. The van der Waals surface area contributed by atoms with Crippen molar-refractivity contribution in [2.45, 2.75) is 5.37 Å². The first-order valence-corrected chi connectivity index (χ1v) is 8.20. The van der Waals surface area contributed by atoms with E-state index in [1.54, 1.807) is 36.9 Å². The van der Waals surface area contributed by atoms with Gasteiger partial charge in [-0.2, -0.15) is 0 Å². The summed E-state index contributed by atoms with van der Waals surface area (Å²) in [5, 5.41) is -0.132. The second-order valence-corrected chi connectivity index (χ2v) is 6.20. The third kappa shape index (κ3) is 2.94. The Labute approximate surface area is 139 Å². The van der Waals surface area contributed by atoms with E-state index in [4.69, 9.17) is 15.2 Å². The molecular weight excluding hydrogens is 312 g/mol. The maximum Gasteiger partial charge on any atom is 0.238 e. The molecule has 1 saturated heterocycles. The fourth-order valence-electron chi connectivity index (χ4n) is 2.63.